The van der Waals surface area contributed by atoms with Crippen LogP contribution < -0.4 is 5.32 Å². The summed E-state index contributed by atoms with van der Waals surface area (Å²) in [6.07, 6.45) is -2.51. The van der Waals surface area contributed by atoms with E-state index in [4.69, 9.17) is 16.0 Å². The second-order valence-electron chi connectivity index (χ2n) is 3.43. The van der Waals surface area contributed by atoms with Crippen LogP contribution in [0.4, 0.5) is 8.78 Å². The molecule has 0 saturated carbocycles. The molecule has 86 valence electrons. The Morgan fingerprint density at radius 3 is 2.69 bits per heavy atom. The van der Waals surface area contributed by atoms with Gasteiger partial charge in [0.1, 0.15) is 17.4 Å². The van der Waals surface area contributed by atoms with Crippen LogP contribution in [0.5, 0.6) is 0 Å². The van der Waals surface area contributed by atoms with E-state index in [9.17, 15) is 8.78 Å². The number of rotatable bonds is 3. The number of hydrogen-bond acceptors (Lipinski definition) is 2. The van der Waals surface area contributed by atoms with Crippen molar-refractivity contribution in [3.8, 4) is 0 Å². The van der Waals surface area contributed by atoms with Crippen molar-refractivity contribution in [2.24, 2.45) is 0 Å². The molecule has 0 radical (unpaired) electrons. The van der Waals surface area contributed by atoms with Gasteiger partial charge in [-0.1, -0.05) is 11.6 Å². The van der Waals surface area contributed by atoms with E-state index in [0.717, 1.165) is 5.39 Å². The van der Waals surface area contributed by atoms with Gasteiger partial charge in [-0.3, -0.25) is 0 Å². The number of hydrogen-bond donors (Lipinski definition) is 1. The van der Waals surface area contributed by atoms with Crippen LogP contribution in [0.1, 0.15) is 11.8 Å². The first-order chi connectivity index (χ1) is 7.61. The molecule has 2 nitrogen and oxygen atoms in total. The van der Waals surface area contributed by atoms with Crippen molar-refractivity contribution in [3.63, 3.8) is 0 Å². The normalized spacial score (nSPS) is 13.6. The molecular formula is C11H10ClF2NO. The molecule has 0 amide bonds. The fraction of sp³-hybridized carbons (Fsp3) is 0.273. The summed E-state index contributed by atoms with van der Waals surface area (Å²) < 4.78 is 30.6. The molecule has 0 bridgehead atoms. The van der Waals surface area contributed by atoms with E-state index in [2.05, 4.69) is 5.32 Å². The van der Waals surface area contributed by atoms with Gasteiger partial charge in [-0.05, 0) is 31.3 Å². The molecule has 5 heteroatoms. The van der Waals surface area contributed by atoms with E-state index < -0.39 is 12.5 Å². The highest BCUT2D eigenvalue weighted by Crippen LogP contribution is 2.28. The zero-order chi connectivity index (χ0) is 11.7. The highest BCUT2D eigenvalue weighted by Gasteiger charge is 2.24. The van der Waals surface area contributed by atoms with Gasteiger partial charge in [0.25, 0.3) is 6.43 Å². The predicted octanol–water partition coefficient (Wildman–Crippen LogP) is 3.61. The lowest BCUT2D eigenvalue weighted by molar-refractivity contribution is 0.0928. The van der Waals surface area contributed by atoms with E-state index >= 15 is 0 Å². The quantitative estimate of drug-likeness (QED) is 0.894. The second-order valence-corrected chi connectivity index (χ2v) is 3.87. The maximum Gasteiger partial charge on any atom is 0.260 e. The molecule has 1 heterocycles. The van der Waals surface area contributed by atoms with Crippen LogP contribution in [0.25, 0.3) is 11.0 Å². The van der Waals surface area contributed by atoms with Gasteiger partial charge in [0, 0.05) is 10.4 Å². The number of nitrogens with one attached hydrogen (secondary N) is 1. The van der Waals surface area contributed by atoms with Gasteiger partial charge < -0.3 is 9.73 Å². The smallest absolute Gasteiger partial charge is 0.260 e. The van der Waals surface area contributed by atoms with E-state index in [-0.39, 0.29) is 5.76 Å². The molecule has 0 aliphatic heterocycles. The number of fused-ring (bicyclic) bond motifs is 1. The van der Waals surface area contributed by atoms with Gasteiger partial charge in [0.05, 0.1) is 0 Å². The zero-order valence-electron chi connectivity index (χ0n) is 8.51. The summed E-state index contributed by atoms with van der Waals surface area (Å²) in [6, 6.07) is 5.50. The van der Waals surface area contributed by atoms with E-state index in [1.807, 2.05) is 0 Å². The Labute approximate surface area is 96.2 Å². The summed E-state index contributed by atoms with van der Waals surface area (Å²) in [6.45, 7) is 0. The largest absolute Gasteiger partial charge is 0.459 e. The fourth-order valence-corrected chi connectivity index (χ4v) is 1.76. The summed E-state index contributed by atoms with van der Waals surface area (Å²) in [4.78, 5) is 0. The van der Waals surface area contributed by atoms with Crippen molar-refractivity contribution in [2.75, 3.05) is 7.05 Å². The molecule has 0 aliphatic rings. The first-order valence-corrected chi connectivity index (χ1v) is 5.14. The Morgan fingerprint density at radius 1 is 1.31 bits per heavy atom. The summed E-state index contributed by atoms with van der Waals surface area (Å²) >= 11 is 5.80. The molecule has 0 aliphatic carbocycles. The van der Waals surface area contributed by atoms with Crippen LogP contribution in [-0.4, -0.2) is 13.5 Å². The molecule has 0 spiro atoms. The van der Waals surface area contributed by atoms with Gasteiger partial charge in [-0.15, -0.1) is 0 Å². The monoisotopic (exact) mass is 245 g/mol. The maximum absolute atomic E-state index is 12.6. The number of benzene rings is 1. The van der Waals surface area contributed by atoms with Crippen molar-refractivity contribution in [1.82, 2.24) is 5.32 Å². The topological polar surface area (TPSA) is 25.2 Å². The molecule has 2 aromatic rings. The average molecular weight is 246 g/mol. The lowest BCUT2D eigenvalue weighted by Gasteiger charge is -2.11. The van der Waals surface area contributed by atoms with E-state index in [1.165, 1.54) is 7.05 Å². The summed E-state index contributed by atoms with van der Waals surface area (Å²) in [5, 5.41) is 3.80. The molecule has 1 atom stereocenters. The number of halogens is 3. The van der Waals surface area contributed by atoms with Crippen LogP contribution in [0.15, 0.2) is 28.7 Å². The zero-order valence-corrected chi connectivity index (χ0v) is 9.26. The second kappa shape index (κ2) is 4.39. The molecule has 0 saturated heterocycles. The Kier molecular flexibility index (Phi) is 3.12. The molecule has 1 unspecified atom stereocenters. The third-order valence-electron chi connectivity index (χ3n) is 2.37. The molecule has 2 rings (SSSR count). The van der Waals surface area contributed by atoms with Gasteiger partial charge >= 0.3 is 0 Å². The number of alkyl halides is 2. The lowest BCUT2D eigenvalue weighted by atomic mass is 10.2. The Bertz CT molecular complexity index is 498. The third-order valence-corrected chi connectivity index (χ3v) is 2.60. The van der Waals surface area contributed by atoms with E-state index in [0.29, 0.717) is 10.6 Å². The summed E-state index contributed by atoms with van der Waals surface area (Å²) in [7, 11) is 1.47. The molecule has 1 N–H and O–H groups in total. The van der Waals surface area contributed by atoms with Crippen LogP contribution in [-0.2, 0) is 0 Å². The minimum Gasteiger partial charge on any atom is -0.459 e. The summed E-state index contributed by atoms with van der Waals surface area (Å²) in [5.74, 6) is 0.217. The molecule has 16 heavy (non-hydrogen) atoms. The SMILES string of the molecule is CNC(c1cc2cc(Cl)ccc2o1)C(F)F. The lowest BCUT2D eigenvalue weighted by Crippen LogP contribution is -2.22. The predicted molar refractivity (Wildman–Crippen MR) is 59.0 cm³/mol. The Morgan fingerprint density at radius 2 is 2.06 bits per heavy atom. The van der Waals surface area contributed by atoms with Crippen molar-refractivity contribution in [1.29, 1.82) is 0 Å². The first kappa shape index (κ1) is 11.4. The van der Waals surface area contributed by atoms with Gasteiger partial charge in [-0.2, -0.15) is 0 Å². The van der Waals surface area contributed by atoms with E-state index in [1.54, 1.807) is 24.3 Å². The van der Waals surface area contributed by atoms with Crippen molar-refractivity contribution in [2.45, 2.75) is 12.5 Å². The maximum atomic E-state index is 12.6. The van der Waals surface area contributed by atoms with Crippen LogP contribution >= 0.6 is 11.6 Å². The molecule has 1 aromatic carbocycles. The highest BCUT2D eigenvalue weighted by molar-refractivity contribution is 6.31. The van der Waals surface area contributed by atoms with Crippen molar-refractivity contribution >= 4 is 22.6 Å². The Hall–Kier alpha value is -1.13. The molecule has 0 fully saturated rings. The third kappa shape index (κ3) is 2.03. The van der Waals surface area contributed by atoms with Crippen LogP contribution in [0, 0.1) is 0 Å². The van der Waals surface area contributed by atoms with Gasteiger partial charge in [-0.25, -0.2) is 8.78 Å². The number of furan rings is 1. The van der Waals surface area contributed by atoms with Crippen molar-refractivity contribution < 1.29 is 13.2 Å². The fourth-order valence-electron chi connectivity index (χ4n) is 1.58. The van der Waals surface area contributed by atoms with Gasteiger partial charge in [0.2, 0.25) is 0 Å². The molecular weight excluding hydrogens is 236 g/mol. The van der Waals surface area contributed by atoms with Gasteiger partial charge in [0.15, 0.2) is 0 Å². The van der Waals surface area contributed by atoms with Crippen LogP contribution in [0.3, 0.4) is 0 Å². The molecule has 1 aromatic heterocycles. The van der Waals surface area contributed by atoms with Crippen molar-refractivity contribution in [3.05, 3.63) is 35.0 Å². The highest BCUT2D eigenvalue weighted by atomic mass is 35.5. The first-order valence-electron chi connectivity index (χ1n) is 4.76. The van der Waals surface area contributed by atoms with Crippen LogP contribution in [0.2, 0.25) is 5.02 Å². The minimum absolute atomic E-state index is 0.217. The summed E-state index contributed by atoms with van der Waals surface area (Å²) in [5.41, 5.74) is 0.556. The average Bonchev–Trinajstić information content (AvgIpc) is 2.60. The standard InChI is InChI=1S/C11H10ClF2NO/c1-15-10(11(13)14)9-5-6-4-7(12)2-3-8(6)16-9/h2-5,10-11,15H,1H3. The Balaban J connectivity index is 2.45. The minimum atomic E-state index is -2.51.